The molecule has 0 atom stereocenters. The van der Waals surface area contributed by atoms with Crippen LogP contribution < -0.4 is 10.6 Å². The van der Waals surface area contributed by atoms with Crippen molar-refractivity contribution in [2.75, 3.05) is 12.3 Å². The zero-order chi connectivity index (χ0) is 14.4. The van der Waals surface area contributed by atoms with Crippen LogP contribution in [0.3, 0.4) is 0 Å². The third-order valence-corrected chi connectivity index (χ3v) is 4.01. The summed E-state index contributed by atoms with van der Waals surface area (Å²) in [5, 5.41) is 5.48. The van der Waals surface area contributed by atoms with Gasteiger partial charge in [0.05, 0.1) is 12.3 Å². The third-order valence-electron chi connectivity index (χ3n) is 3.01. The maximum absolute atomic E-state index is 11.6. The molecule has 0 heterocycles. The highest BCUT2D eigenvalue weighted by Crippen LogP contribution is 2.18. The summed E-state index contributed by atoms with van der Waals surface area (Å²) >= 11 is 1.55. The van der Waals surface area contributed by atoms with Crippen molar-refractivity contribution < 1.29 is 9.59 Å². The lowest BCUT2D eigenvalue weighted by molar-refractivity contribution is -0.124. The average Bonchev–Trinajstić information content (AvgIpc) is 3.23. The van der Waals surface area contributed by atoms with Gasteiger partial charge in [0, 0.05) is 11.8 Å². The quantitative estimate of drug-likeness (QED) is 0.803. The minimum absolute atomic E-state index is 0.0838. The number of benzene rings is 1. The summed E-state index contributed by atoms with van der Waals surface area (Å²) in [6.45, 7) is 2.14. The van der Waals surface area contributed by atoms with Gasteiger partial charge in [0.2, 0.25) is 11.8 Å². The fourth-order valence-corrected chi connectivity index (χ4v) is 2.50. The van der Waals surface area contributed by atoms with Crippen LogP contribution in [0.25, 0.3) is 0 Å². The maximum atomic E-state index is 11.6. The van der Waals surface area contributed by atoms with Crippen LogP contribution >= 0.6 is 11.8 Å². The van der Waals surface area contributed by atoms with Gasteiger partial charge < -0.3 is 10.6 Å². The number of nitrogens with one attached hydrogen (secondary N) is 2. The van der Waals surface area contributed by atoms with E-state index in [0.717, 1.165) is 18.6 Å². The molecule has 1 aromatic carbocycles. The molecule has 2 rings (SSSR count). The van der Waals surface area contributed by atoms with Crippen LogP contribution in [0.1, 0.15) is 24.0 Å². The first-order valence-corrected chi connectivity index (χ1v) is 7.98. The minimum Gasteiger partial charge on any atom is -0.352 e. The SMILES string of the molecule is Cc1ccc(CSCC(=O)NCC(=O)NC2CC2)cc1. The van der Waals surface area contributed by atoms with Crippen LogP contribution in [0.15, 0.2) is 24.3 Å². The van der Waals surface area contributed by atoms with E-state index in [1.54, 1.807) is 11.8 Å². The summed E-state index contributed by atoms with van der Waals surface area (Å²) in [5.41, 5.74) is 2.44. The van der Waals surface area contributed by atoms with E-state index < -0.39 is 0 Å². The molecule has 2 N–H and O–H groups in total. The molecule has 0 saturated heterocycles. The Hall–Kier alpha value is -1.49. The van der Waals surface area contributed by atoms with Crippen molar-refractivity contribution in [2.45, 2.75) is 31.6 Å². The monoisotopic (exact) mass is 292 g/mol. The van der Waals surface area contributed by atoms with E-state index in [9.17, 15) is 9.59 Å². The molecule has 0 aliphatic heterocycles. The van der Waals surface area contributed by atoms with Gasteiger partial charge >= 0.3 is 0 Å². The van der Waals surface area contributed by atoms with Crippen LogP contribution in [0.2, 0.25) is 0 Å². The smallest absolute Gasteiger partial charge is 0.239 e. The van der Waals surface area contributed by atoms with Crippen molar-refractivity contribution >= 4 is 23.6 Å². The molecule has 1 aliphatic carbocycles. The van der Waals surface area contributed by atoms with Crippen molar-refractivity contribution in [3.63, 3.8) is 0 Å². The second-order valence-corrected chi connectivity index (χ2v) is 6.08. The fraction of sp³-hybridized carbons (Fsp3) is 0.467. The zero-order valence-corrected chi connectivity index (χ0v) is 12.5. The normalized spacial score (nSPS) is 13.8. The van der Waals surface area contributed by atoms with Gasteiger partial charge in [0.1, 0.15) is 0 Å². The van der Waals surface area contributed by atoms with Gasteiger partial charge in [-0.1, -0.05) is 29.8 Å². The number of carbonyl (C=O) groups is 2. The predicted octanol–water partition coefficient (Wildman–Crippen LogP) is 1.62. The lowest BCUT2D eigenvalue weighted by Gasteiger charge is -2.06. The van der Waals surface area contributed by atoms with Gasteiger partial charge in [0.15, 0.2) is 0 Å². The van der Waals surface area contributed by atoms with Crippen LogP contribution in [-0.2, 0) is 15.3 Å². The van der Waals surface area contributed by atoms with Crippen LogP contribution in [0.4, 0.5) is 0 Å². The van der Waals surface area contributed by atoms with Crippen molar-refractivity contribution in [3.05, 3.63) is 35.4 Å². The zero-order valence-electron chi connectivity index (χ0n) is 11.6. The van der Waals surface area contributed by atoms with E-state index in [0.29, 0.717) is 11.8 Å². The average molecular weight is 292 g/mol. The van der Waals surface area contributed by atoms with Gasteiger partial charge in [0.25, 0.3) is 0 Å². The second kappa shape index (κ2) is 7.33. The molecular weight excluding hydrogens is 272 g/mol. The van der Waals surface area contributed by atoms with Crippen molar-refractivity contribution in [3.8, 4) is 0 Å². The van der Waals surface area contributed by atoms with Gasteiger partial charge in [-0.3, -0.25) is 9.59 Å². The third kappa shape index (κ3) is 5.65. The number of amides is 2. The van der Waals surface area contributed by atoms with Crippen LogP contribution in [0, 0.1) is 6.92 Å². The van der Waals surface area contributed by atoms with Gasteiger partial charge in [-0.05, 0) is 25.3 Å². The summed E-state index contributed by atoms with van der Waals surface area (Å²) in [7, 11) is 0. The van der Waals surface area contributed by atoms with E-state index in [4.69, 9.17) is 0 Å². The standard InChI is InChI=1S/C15H20N2O2S/c1-11-2-4-12(5-3-11)9-20-10-15(19)16-8-14(18)17-13-6-7-13/h2-5,13H,6-10H2,1H3,(H,16,19)(H,17,18). The number of hydrogen-bond donors (Lipinski definition) is 2. The van der Waals surface area contributed by atoms with E-state index in [-0.39, 0.29) is 18.4 Å². The summed E-state index contributed by atoms with van der Waals surface area (Å²) in [6, 6.07) is 8.62. The molecule has 0 aromatic heterocycles. The lowest BCUT2D eigenvalue weighted by atomic mass is 10.2. The molecule has 4 nitrogen and oxygen atoms in total. The number of hydrogen-bond acceptors (Lipinski definition) is 3. The van der Waals surface area contributed by atoms with Crippen molar-refractivity contribution in [2.24, 2.45) is 0 Å². The number of rotatable bonds is 7. The molecule has 108 valence electrons. The molecule has 20 heavy (non-hydrogen) atoms. The molecule has 1 saturated carbocycles. The Morgan fingerprint density at radius 2 is 1.90 bits per heavy atom. The molecule has 5 heteroatoms. The summed E-state index contributed by atoms with van der Waals surface area (Å²) in [6.07, 6.45) is 2.12. The predicted molar refractivity (Wildman–Crippen MR) is 81.5 cm³/mol. The first kappa shape index (κ1) is 14.9. The first-order chi connectivity index (χ1) is 9.63. The highest BCUT2D eigenvalue weighted by Gasteiger charge is 2.23. The molecule has 0 bridgehead atoms. The molecule has 0 radical (unpaired) electrons. The number of thioether (sulfide) groups is 1. The Labute approximate surface area is 123 Å². The van der Waals surface area contributed by atoms with Crippen molar-refractivity contribution in [1.82, 2.24) is 10.6 Å². The summed E-state index contributed by atoms with van der Waals surface area (Å²) in [5.74, 6) is 1.00. The Morgan fingerprint density at radius 1 is 1.20 bits per heavy atom. The van der Waals surface area contributed by atoms with E-state index in [1.807, 2.05) is 0 Å². The number of aryl methyl sites for hydroxylation is 1. The summed E-state index contributed by atoms with van der Waals surface area (Å²) < 4.78 is 0. The van der Waals surface area contributed by atoms with Gasteiger partial charge in [-0.25, -0.2) is 0 Å². The van der Waals surface area contributed by atoms with Crippen LogP contribution in [-0.4, -0.2) is 30.2 Å². The molecule has 1 fully saturated rings. The Balaban J connectivity index is 1.57. The van der Waals surface area contributed by atoms with E-state index in [2.05, 4.69) is 41.8 Å². The lowest BCUT2D eigenvalue weighted by Crippen LogP contribution is -2.38. The highest BCUT2D eigenvalue weighted by atomic mass is 32.2. The molecule has 0 spiro atoms. The molecular formula is C15H20N2O2S. The topological polar surface area (TPSA) is 58.2 Å². The highest BCUT2D eigenvalue weighted by molar-refractivity contribution is 7.99. The van der Waals surface area contributed by atoms with E-state index in [1.165, 1.54) is 11.1 Å². The first-order valence-electron chi connectivity index (χ1n) is 6.83. The number of carbonyl (C=O) groups excluding carboxylic acids is 2. The largest absolute Gasteiger partial charge is 0.352 e. The maximum Gasteiger partial charge on any atom is 0.239 e. The Kier molecular flexibility index (Phi) is 5.47. The van der Waals surface area contributed by atoms with Crippen LogP contribution in [0.5, 0.6) is 0 Å². The Bertz CT molecular complexity index is 469. The molecule has 1 aliphatic rings. The molecule has 0 unspecified atom stereocenters. The van der Waals surface area contributed by atoms with Gasteiger partial charge in [-0.15, -0.1) is 11.8 Å². The summed E-state index contributed by atoms with van der Waals surface area (Å²) in [4.78, 5) is 23.0. The molecule has 2 amide bonds. The molecule has 1 aromatic rings. The van der Waals surface area contributed by atoms with E-state index >= 15 is 0 Å². The Morgan fingerprint density at radius 3 is 2.55 bits per heavy atom. The fourth-order valence-electron chi connectivity index (χ4n) is 1.68. The minimum atomic E-state index is -0.0932. The second-order valence-electron chi connectivity index (χ2n) is 5.10. The van der Waals surface area contributed by atoms with Crippen molar-refractivity contribution in [1.29, 1.82) is 0 Å². The van der Waals surface area contributed by atoms with Gasteiger partial charge in [-0.2, -0.15) is 0 Å².